The summed E-state index contributed by atoms with van der Waals surface area (Å²) in [5.41, 5.74) is 1.14. The van der Waals surface area contributed by atoms with E-state index in [9.17, 15) is 4.79 Å². The zero-order chi connectivity index (χ0) is 17.2. The summed E-state index contributed by atoms with van der Waals surface area (Å²) in [4.78, 5) is 14.4. The Morgan fingerprint density at radius 2 is 1.87 bits per heavy atom. The van der Waals surface area contributed by atoms with E-state index in [0.717, 1.165) is 55.7 Å². The van der Waals surface area contributed by atoms with Gasteiger partial charge in [0.25, 0.3) is 0 Å². The lowest BCUT2D eigenvalue weighted by Gasteiger charge is -2.23. The van der Waals surface area contributed by atoms with Crippen LogP contribution in [0.4, 0.5) is 0 Å². The summed E-state index contributed by atoms with van der Waals surface area (Å²) in [7, 11) is 5.17. The van der Waals surface area contributed by atoms with E-state index in [1.54, 1.807) is 14.2 Å². The van der Waals surface area contributed by atoms with Gasteiger partial charge in [-0.25, -0.2) is 0 Å². The fraction of sp³-hybridized carbons (Fsp3) is 0.632. The van der Waals surface area contributed by atoms with E-state index >= 15 is 0 Å². The highest BCUT2D eigenvalue weighted by atomic mass is 16.5. The number of hydrogen-bond acceptors (Lipinski definition) is 3. The summed E-state index contributed by atoms with van der Waals surface area (Å²) in [6.07, 6.45) is 4.98. The second kappa shape index (κ2) is 10.1. The third-order valence-corrected chi connectivity index (χ3v) is 4.31. The number of carbonyl (C=O) groups is 1. The molecule has 0 aliphatic heterocycles. The molecule has 0 radical (unpaired) electrons. The number of rotatable bonds is 10. The van der Waals surface area contributed by atoms with Gasteiger partial charge in [-0.3, -0.25) is 4.79 Å². The third-order valence-electron chi connectivity index (χ3n) is 4.31. The van der Waals surface area contributed by atoms with Gasteiger partial charge in [-0.15, -0.1) is 0 Å². The second-order valence-corrected chi connectivity index (χ2v) is 5.95. The Balaban J connectivity index is 2.61. The van der Waals surface area contributed by atoms with Gasteiger partial charge in [0.1, 0.15) is 0 Å². The first kappa shape index (κ1) is 19.3. The van der Waals surface area contributed by atoms with E-state index in [0.29, 0.717) is 0 Å². The molecule has 0 fully saturated rings. The van der Waals surface area contributed by atoms with E-state index in [4.69, 9.17) is 9.47 Å². The van der Waals surface area contributed by atoms with Crippen LogP contribution in [-0.2, 0) is 11.2 Å². The minimum absolute atomic E-state index is 0.158. The van der Waals surface area contributed by atoms with Gasteiger partial charge in [-0.05, 0) is 37.0 Å². The van der Waals surface area contributed by atoms with Gasteiger partial charge in [0.05, 0.1) is 14.2 Å². The van der Waals surface area contributed by atoms with Crippen LogP contribution in [-0.4, -0.2) is 38.6 Å². The molecule has 1 atom stereocenters. The van der Waals surface area contributed by atoms with Gasteiger partial charge in [-0.2, -0.15) is 0 Å². The largest absolute Gasteiger partial charge is 0.493 e. The summed E-state index contributed by atoms with van der Waals surface area (Å²) < 4.78 is 10.6. The number of amides is 1. The number of methoxy groups -OCH3 is 2. The topological polar surface area (TPSA) is 38.8 Å². The molecule has 0 spiro atoms. The van der Waals surface area contributed by atoms with Crippen LogP contribution in [0.3, 0.4) is 0 Å². The lowest BCUT2D eigenvalue weighted by molar-refractivity contribution is -0.134. The maximum absolute atomic E-state index is 12.5. The van der Waals surface area contributed by atoms with Crippen LogP contribution in [0.5, 0.6) is 11.5 Å². The van der Waals surface area contributed by atoms with E-state index in [1.165, 1.54) is 0 Å². The standard InChI is InChI=1S/C19H31NO3/c1-6-8-9-16(7-2)19(21)20(3)13-12-15-10-11-17(22-4)18(14-15)23-5/h10-11,14,16H,6-9,12-13H2,1-5H3/t16-/m1/s1. The maximum Gasteiger partial charge on any atom is 0.225 e. The molecule has 4 nitrogen and oxygen atoms in total. The molecule has 1 rings (SSSR count). The van der Waals surface area contributed by atoms with Gasteiger partial charge >= 0.3 is 0 Å². The summed E-state index contributed by atoms with van der Waals surface area (Å²) in [5.74, 6) is 1.88. The molecule has 0 N–H and O–H groups in total. The van der Waals surface area contributed by atoms with E-state index in [-0.39, 0.29) is 11.8 Å². The molecule has 1 amide bonds. The minimum atomic E-state index is 0.158. The predicted molar refractivity (Wildman–Crippen MR) is 94.2 cm³/mol. The first-order valence-electron chi connectivity index (χ1n) is 8.53. The average molecular weight is 321 g/mol. The highest BCUT2D eigenvalue weighted by molar-refractivity contribution is 5.78. The van der Waals surface area contributed by atoms with Gasteiger partial charge in [-0.1, -0.05) is 32.8 Å². The van der Waals surface area contributed by atoms with E-state index < -0.39 is 0 Å². The van der Waals surface area contributed by atoms with Gasteiger partial charge in [0, 0.05) is 19.5 Å². The zero-order valence-corrected chi connectivity index (χ0v) is 15.2. The lowest BCUT2D eigenvalue weighted by Crippen LogP contribution is -2.34. The number of benzene rings is 1. The molecule has 0 heterocycles. The van der Waals surface area contributed by atoms with Crippen molar-refractivity contribution in [2.24, 2.45) is 5.92 Å². The van der Waals surface area contributed by atoms with Crippen molar-refractivity contribution >= 4 is 5.91 Å². The normalized spacial score (nSPS) is 11.9. The number of hydrogen-bond donors (Lipinski definition) is 0. The van der Waals surface area contributed by atoms with Crippen LogP contribution in [0.2, 0.25) is 0 Å². The van der Waals surface area contributed by atoms with Crippen molar-refractivity contribution in [3.8, 4) is 11.5 Å². The molecule has 4 heteroatoms. The summed E-state index contributed by atoms with van der Waals surface area (Å²) >= 11 is 0. The summed E-state index contributed by atoms with van der Waals surface area (Å²) in [6, 6.07) is 5.91. The predicted octanol–water partition coefficient (Wildman–Crippen LogP) is 3.92. The highest BCUT2D eigenvalue weighted by Gasteiger charge is 2.19. The summed E-state index contributed by atoms with van der Waals surface area (Å²) in [5, 5.41) is 0. The number of likely N-dealkylation sites (N-methyl/N-ethyl adjacent to an activating group) is 1. The quantitative estimate of drug-likeness (QED) is 0.655. The van der Waals surface area contributed by atoms with Crippen molar-refractivity contribution in [3.63, 3.8) is 0 Å². The number of ether oxygens (including phenoxy) is 2. The van der Waals surface area contributed by atoms with Crippen LogP contribution < -0.4 is 9.47 Å². The molecule has 0 aliphatic carbocycles. The minimum Gasteiger partial charge on any atom is -0.493 e. The summed E-state index contributed by atoms with van der Waals surface area (Å²) in [6.45, 7) is 4.98. The smallest absolute Gasteiger partial charge is 0.225 e. The maximum atomic E-state index is 12.5. The first-order valence-corrected chi connectivity index (χ1v) is 8.53. The molecular formula is C19H31NO3. The van der Waals surface area contributed by atoms with Crippen LogP contribution in [0.1, 0.15) is 45.1 Å². The van der Waals surface area contributed by atoms with Crippen molar-refractivity contribution in [2.75, 3.05) is 27.8 Å². The molecule has 0 bridgehead atoms. The van der Waals surface area contributed by atoms with Crippen molar-refractivity contribution in [3.05, 3.63) is 23.8 Å². The molecule has 0 aliphatic rings. The second-order valence-electron chi connectivity index (χ2n) is 5.95. The Kier molecular flexibility index (Phi) is 8.52. The number of nitrogens with zero attached hydrogens (tertiary/aromatic N) is 1. The van der Waals surface area contributed by atoms with Gasteiger partial charge in [0.2, 0.25) is 5.91 Å². The van der Waals surface area contributed by atoms with Crippen molar-refractivity contribution in [1.29, 1.82) is 0 Å². The Hall–Kier alpha value is -1.71. The number of carbonyl (C=O) groups excluding carboxylic acids is 1. The lowest BCUT2D eigenvalue weighted by atomic mass is 9.97. The Labute approximate surface area is 140 Å². The highest BCUT2D eigenvalue weighted by Crippen LogP contribution is 2.27. The Morgan fingerprint density at radius 3 is 2.43 bits per heavy atom. The zero-order valence-electron chi connectivity index (χ0n) is 15.2. The van der Waals surface area contributed by atoms with Crippen LogP contribution in [0, 0.1) is 5.92 Å². The molecule has 1 aromatic carbocycles. The van der Waals surface area contributed by atoms with Crippen molar-refractivity contribution < 1.29 is 14.3 Å². The average Bonchev–Trinajstić information content (AvgIpc) is 2.59. The fourth-order valence-corrected chi connectivity index (χ4v) is 2.71. The molecular weight excluding hydrogens is 290 g/mol. The molecule has 130 valence electrons. The Bertz CT molecular complexity index is 488. The van der Waals surface area contributed by atoms with Crippen molar-refractivity contribution in [2.45, 2.75) is 46.0 Å². The van der Waals surface area contributed by atoms with Gasteiger partial charge in [0.15, 0.2) is 11.5 Å². The van der Waals surface area contributed by atoms with Crippen LogP contribution in [0.25, 0.3) is 0 Å². The first-order chi connectivity index (χ1) is 11.1. The SMILES string of the molecule is CCCC[C@@H](CC)C(=O)N(C)CCc1ccc(OC)c(OC)c1. The molecule has 0 unspecified atom stereocenters. The third kappa shape index (κ3) is 5.77. The molecule has 0 aromatic heterocycles. The monoisotopic (exact) mass is 321 g/mol. The van der Waals surface area contributed by atoms with E-state index in [2.05, 4.69) is 13.8 Å². The van der Waals surface area contributed by atoms with Crippen LogP contribution >= 0.6 is 0 Å². The fourth-order valence-electron chi connectivity index (χ4n) is 2.71. The molecule has 0 saturated carbocycles. The number of unbranched alkanes of at least 4 members (excludes halogenated alkanes) is 1. The molecule has 0 saturated heterocycles. The molecule has 23 heavy (non-hydrogen) atoms. The molecule has 1 aromatic rings. The van der Waals surface area contributed by atoms with Crippen LogP contribution in [0.15, 0.2) is 18.2 Å². The Morgan fingerprint density at radius 1 is 1.17 bits per heavy atom. The van der Waals surface area contributed by atoms with Gasteiger partial charge < -0.3 is 14.4 Å². The van der Waals surface area contributed by atoms with Crippen molar-refractivity contribution in [1.82, 2.24) is 4.90 Å². The van der Waals surface area contributed by atoms with E-state index in [1.807, 2.05) is 30.1 Å².